The second-order valence-corrected chi connectivity index (χ2v) is 8.98. The molecule has 0 unspecified atom stereocenters. The Morgan fingerprint density at radius 3 is 2.31 bits per heavy atom. The molecule has 0 atom stereocenters. The molecule has 3 aromatic carbocycles. The summed E-state index contributed by atoms with van der Waals surface area (Å²) in [6.07, 6.45) is 0. The number of nitro benzene ring substituents is 1. The van der Waals surface area contributed by atoms with Crippen molar-refractivity contribution in [3.63, 3.8) is 0 Å². The molecule has 0 saturated carbocycles. The minimum absolute atomic E-state index is 0.00179. The molecular formula is C29H26N4O6. The van der Waals surface area contributed by atoms with Crippen molar-refractivity contribution in [2.45, 2.75) is 0 Å². The van der Waals surface area contributed by atoms with Gasteiger partial charge in [-0.2, -0.15) is 0 Å². The molecule has 39 heavy (non-hydrogen) atoms. The van der Waals surface area contributed by atoms with Crippen LogP contribution in [0.4, 0.5) is 17.1 Å². The monoisotopic (exact) mass is 526 g/mol. The maximum atomic E-state index is 12.8. The Labute approximate surface area is 224 Å². The Kier molecular flexibility index (Phi) is 7.26. The van der Waals surface area contributed by atoms with E-state index in [1.807, 2.05) is 29.2 Å². The first-order chi connectivity index (χ1) is 18.9. The van der Waals surface area contributed by atoms with E-state index in [-0.39, 0.29) is 17.4 Å². The number of methoxy groups -OCH3 is 1. The summed E-state index contributed by atoms with van der Waals surface area (Å²) in [7, 11) is 1.59. The summed E-state index contributed by atoms with van der Waals surface area (Å²) in [6, 6.07) is 23.8. The molecule has 0 spiro atoms. The topological polar surface area (TPSA) is 118 Å². The molecule has 0 aliphatic carbocycles. The second-order valence-electron chi connectivity index (χ2n) is 8.98. The van der Waals surface area contributed by atoms with Gasteiger partial charge in [0.1, 0.15) is 11.5 Å². The van der Waals surface area contributed by atoms with Gasteiger partial charge in [-0.1, -0.05) is 12.1 Å². The van der Waals surface area contributed by atoms with Gasteiger partial charge in [-0.3, -0.25) is 19.7 Å². The highest BCUT2D eigenvalue weighted by atomic mass is 16.6. The second kappa shape index (κ2) is 11.1. The maximum absolute atomic E-state index is 12.8. The van der Waals surface area contributed by atoms with Gasteiger partial charge < -0.3 is 24.3 Å². The highest BCUT2D eigenvalue weighted by Crippen LogP contribution is 2.27. The van der Waals surface area contributed by atoms with E-state index in [0.717, 1.165) is 5.69 Å². The predicted octanol–water partition coefficient (Wildman–Crippen LogP) is 5.08. The smallest absolute Gasteiger partial charge is 0.291 e. The molecule has 2 heterocycles. The van der Waals surface area contributed by atoms with Crippen LogP contribution >= 0.6 is 0 Å². The standard InChI is InChI=1S/C29H26N4O6/c1-38-25-11-5-20(6-12-25)29(35)32-17-15-31(16-18-32)23-9-7-22(8-10-23)30-28(34)27-14-13-26(39-27)21-3-2-4-24(19-21)33(36)37/h2-14,19H,15-18H2,1H3,(H,30,34). The van der Waals surface area contributed by atoms with Crippen LogP contribution in [0.15, 0.2) is 89.3 Å². The van der Waals surface area contributed by atoms with Crippen molar-refractivity contribution in [2.24, 2.45) is 0 Å². The van der Waals surface area contributed by atoms with E-state index in [2.05, 4.69) is 10.2 Å². The number of carbonyl (C=O) groups is 2. The Morgan fingerprint density at radius 2 is 1.64 bits per heavy atom. The lowest BCUT2D eigenvalue weighted by Crippen LogP contribution is -2.48. The van der Waals surface area contributed by atoms with Gasteiger partial charge in [-0.05, 0) is 60.7 Å². The maximum Gasteiger partial charge on any atom is 0.291 e. The van der Waals surface area contributed by atoms with E-state index in [9.17, 15) is 19.7 Å². The van der Waals surface area contributed by atoms with Gasteiger partial charge in [0.05, 0.1) is 12.0 Å². The summed E-state index contributed by atoms with van der Waals surface area (Å²) in [4.78, 5) is 40.1. The summed E-state index contributed by atoms with van der Waals surface area (Å²) >= 11 is 0. The number of amides is 2. The number of nitro groups is 1. The third-order valence-corrected chi connectivity index (χ3v) is 6.57. The van der Waals surface area contributed by atoms with E-state index in [1.54, 1.807) is 49.6 Å². The Bertz CT molecular complexity index is 1490. The van der Waals surface area contributed by atoms with Crippen LogP contribution in [0, 0.1) is 10.1 Å². The van der Waals surface area contributed by atoms with Crippen LogP contribution in [0.1, 0.15) is 20.9 Å². The molecule has 1 aromatic heterocycles. The SMILES string of the molecule is COc1ccc(C(=O)N2CCN(c3ccc(NC(=O)c4ccc(-c5cccc([N+](=O)[O-])c5)o4)cc3)CC2)cc1. The van der Waals surface area contributed by atoms with Crippen molar-refractivity contribution in [1.82, 2.24) is 4.90 Å². The van der Waals surface area contributed by atoms with Crippen molar-refractivity contribution >= 4 is 28.9 Å². The normalized spacial score (nSPS) is 13.2. The molecule has 10 nitrogen and oxygen atoms in total. The van der Waals surface area contributed by atoms with Gasteiger partial charge in [0.2, 0.25) is 0 Å². The van der Waals surface area contributed by atoms with Crippen LogP contribution in [0.2, 0.25) is 0 Å². The number of furan rings is 1. The number of nitrogens with one attached hydrogen (secondary N) is 1. The van der Waals surface area contributed by atoms with E-state index < -0.39 is 10.8 Å². The summed E-state index contributed by atoms with van der Waals surface area (Å²) in [5.41, 5.74) is 2.69. The van der Waals surface area contributed by atoms with Gasteiger partial charge >= 0.3 is 0 Å². The Morgan fingerprint density at radius 1 is 0.923 bits per heavy atom. The zero-order valence-electron chi connectivity index (χ0n) is 21.2. The first-order valence-electron chi connectivity index (χ1n) is 12.4. The number of non-ortho nitro benzene ring substituents is 1. The van der Waals surface area contributed by atoms with Crippen LogP contribution < -0.4 is 15.0 Å². The van der Waals surface area contributed by atoms with Crippen LogP contribution in [-0.4, -0.2) is 54.9 Å². The predicted molar refractivity (Wildman–Crippen MR) is 146 cm³/mol. The lowest BCUT2D eigenvalue weighted by atomic mass is 10.1. The minimum atomic E-state index is -0.480. The number of ether oxygens (including phenoxy) is 1. The van der Waals surface area contributed by atoms with Crippen molar-refractivity contribution < 1.29 is 23.7 Å². The average Bonchev–Trinajstić information content (AvgIpc) is 3.48. The van der Waals surface area contributed by atoms with Crippen LogP contribution in [-0.2, 0) is 0 Å². The van der Waals surface area contributed by atoms with Crippen LogP contribution in [0.25, 0.3) is 11.3 Å². The largest absolute Gasteiger partial charge is 0.497 e. The highest BCUT2D eigenvalue weighted by molar-refractivity contribution is 6.02. The lowest BCUT2D eigenvalue weighted by molar-refractivity contribution is -0.384. The minimum Gasteiger partial charge on any atom is -0.497 e. The molecule has 1 saturated heterocycles. The fraction of sp³-hybridized carbons (Fsp3) is 0.172. The van der Waals surface area contributed by atoms with Gasteiger partial charge in [-0.15, -0.1) is 0 Å². The summed E-state index contributed by atoms with van der Waals surface area (Å²) < 4.78 is 10.8. The fourth-order valence-corrected chi connectivity index (χ4v) is 4.42. The number of benzene rings is 3. The first-order valence-corrected chi connectivity index (χ1v) is 12.4. The van der Waals surface area contributed by atoms with Gasteiger partial charge in [0.25, 0.3) is 17.5 Å². The lowest BCUT2D eigenvalue weighted by Gasteiger charge is -2.36. The molecule has 4 aromatic rings. The van der Waals surface area contributed by atoms with E-state index in [0.29, 0.717) is 54.5 Å². The first kappa shape index (κ1) is 25.5. The van der Waals surface area contributed by atoms with Crippen LogP contribution in [0.5, 0.6) is 5.75 Å². The van der Waals surface area contributed by atoms with Crippen molar-refractivity contribution in [3.8, 4) is 17.1 Å². The molecule has 1 aliphatic rings. The molecule has 1 fully saturated rings. The number of rotatable bonds is 7. The number of nitrogens with zero attached hydrogens (tertiary/aromatic N) is 3. The highest BCUT2D eigenvalue weighted by Gasteiger charge is 2.22. The number of piperazine rings is 1. The van der Waals surface area contributed by atoms with Gasteiger partial charge in [-0.25, -0.2) is 0 Å². The van der Waals surface area contributed by atoms with Crippen molar-refractivity contribution in [2.75, 3.05) is 43.5 Å². The zero-order chi connectivity index (χ0) is 27.4. The number of hydrogen-bond donors (Lipinski definition) is 1. The number of anilines is 2. The quantitative estimate of drug-likeness (QED) is 0.264. The third kappa shape index (κ3) is 5.74. The summed E-state index contributed by atoms with van der Waals surface area (Å²) in [6.45, 7) is 2.60. The zero-order valence-corrected chi connectivity index (χ0v) is 21.2. The molecule has 1 aliphatic heterocycles. The molecule has 5 rings (SSSR count). The summed E-state index contributed by atoms with van der Waals surface area (Å²) in [5, 5.41) is 13.8. The number of hydrogen-bond acceptors (Lipinski definition) is 7. The fourth-order valence-electron chi connectivity index (χ4n) is 4.42. The van der Waals surface area contributed by atoms with E-state index in [4.69, 9.17) is 9.15 Å². The number of carbonyl (C=O) groups excluding carboxylic acids is 2. The molecule has 198 valence electrons. The van der Waals surface area contributed by atoms with Crippen LogP contribution in [0.3, 0.4) is 0 Å². The van der Waals surface area contributed by atoms with E-state index >= 15 is 0 Å². The molecule has 0 bridgehead atoms. The Balaban J connectivity index is 1.16. The molecule has 0 radical (unpaired) electrons. The summed E-state index contributed by atoms with van der Waals surface area (Å²) in [5.74, 6) is 0.750. The average molecular weight is 527 g/mol. The van der Waals surface area contributed by atoms with Gasteiger partial charge in [0.15, 0.2) is 5.76 Å². The van der Waals surface area contributed by atoms with E-state index in [1.165, 1.54) is 18.2 Å². The molecular weight excluding hydrogens is 500 g/mol. The molecule has 10 heteroatoms. The van der Waals surface area contributed by atoms with Crippen molar-refractivity contribution in [1.29, 1.82) is 0 Å². The Hall–Kier alpha value is -5.12. The third-order valence-electron chi connectivity index (χ3n) is 6.57. The molecule has 2 amide bonds. The van der Waals surface area contributed by atoms with Crippen molar-refractivity contribution in [3.05, 3.63) is 106 Å². The van der Waals surface area contributed by atoms with Gasteiger partial charge in [0, 0.05) is 60.8 Å². The molecule has 1 N–H and O–H groups in total.